The number of aromatic nitrogens is 2. The Bertz CT molecular complexity index is 2760. The fourth-order valence-corrected chi connectivity index (χ4v) is 7.30. The van der Waals surface area contributed by atoms with Gasteiger partial charge in [-0.3, -0.25) is 0 Å². The number of nitrogens with zero attached hydrogens (tertiary/aromatic N) is 4. The van der Waals surface area contributed by atoms with Crippen molar-refractivity contribution in [2.75, 3.05) is 0 Å². The van der Waals surface area contributed by atoms with E-state index in [1.54, 1.807) is 6.07 Å². The minimum Gasteiger partial charge on any atom is -0.309 e. The van der Waals surface area contributed by atoms with E-state index in [9.17, 15) is 0 Å². The smallest absolute Gasteiger partial charge is 0.184 e. The number of benzene rings is 7. The maximum absolute atomic E-state index is 8.11. The van der Waals surface area contributed by atoms with E-state index in [1.165, 1.54) is 10.8 Å². The molecule has 9 rings (SSSR count). The Hall–Kier alpha value is -6.88. The van der Waals surface area contributed by atoms with E-state index < -0.39 is 0 Å². The summed E-state index contributed by atoms with van der Waals surface area (Å²) in [4.78, 5) is 7.84. The second-order valence-corrected chi connectivity index (χ2v) is 11.9. The number of hydrogen-bond acceptors (Lipinski definition) is 0. The third kappa shape index (κ3) is 4.07. The van der Waals surface area contributed by atoms with Gasteiger partial charge in [0.05, 0.1) is 35.2 Å². The largest absolute Gasteiger partial charge is 0.309 e. The molecule has 0 aliphatic rings. The summed E-state index contributed by atoms with van der Waals surface area (Å²) in [6, 6.07) is 54.4. The Morgan fingerprint density at radius 3 is 1.56 bits per heavy atom. The van der Waals surface area contributed by atoms with Crippen molar-refractivity contribution in [3.8, 4) is 33.6 Å². The molecule has 0 aliphatic heterocycles. The van der Waals surface area contributed by atoms with Crippen LogP contribution >= 0.6 is 0 Å². The molecule has 7 aromatic carbocycles. The molecule has 0 atom stereocenters. The summed E-state index contributed by atoms with van der Waals surface area (Å²) >= 11 is 0. The van der Waals surface area contributed by atoms with Crippen LogP contribution in [0.2, 0.25) is 0 Å². The highest BCUT2D eigenvalue weighted by atomic mass is 15.0. The zero-order valence-corrected chi connectivity index (χ0v) is 25.8. The lowest BCUT2D eigenvalue weighted by molar-refractivity contribution is 1.18. The second-order valence-electron chi connectivity index (χ2n) is 11.9. The lowest BCUT2D eigenvalue weighted by Gasteiger charge is -2.16. The van der Waals surface area contributed by atoms with Crippen molar-refractivity contribution in [2.24, 2.45) is 0 Å². The maximum atomic E-state index is 8.11. The van der Waals surface area contributed by atoms with Crippen molar-refractivity contribution in [1.29, 1.82) is 0 Å². The van der Waals surface area contributed by atoms with E-state index in [1.807, 2.05) is 36.4 Å². The first-order chi connectivity index (χ1) is 23.7. The number of rotatable bonds is 4. The molecule has 0 bridgehead atoms. The van der Waals surface area contributed by atoms with Crippen LogP contribution in [0.15, 0.2) is 158 Å². The van der Waals surface area contributed by atoms with Crippen LogP contribution in [0.3, 0.4) is 0 Å². The quantitative estimate of drug-likeness (QED) is 0.177. The first kappa shape index (κ1) is 27.4. The van der Waals surface area contributed by atoms with Gasteiger partial charge >= 0.3 is 0 Å². The molecular weight excluding hydrogens is 585 g/mol. The highest BCUT2D eigenvalue weighted by molar-refractivity contribution is 6.17. The number of para-hydroxylation sites is 4. The molecule has 2 aromatic heterocycles. The van der Waals surface area contributed by atoms with Gasteiger partial charge in [-0.05, 0) is 82.9 Å². The molecule has 0 unspecified atom stereocenters. The maximum Gasteiger partial charge on any atom is 0.184 e. The fourth-order valence-electron chi connectivity index (χ4n) is 7.30. The van der Waals surface area contributed by atoms with Crippen LogP contribution in [0.4, 0.5) is 11.4 Å². The highest BCUT2D eigenvalue weighted by Crippen LogP contribution is 2.47. The second kappa shape index (κ2) is 10.9. The van der Waals surface area contributed by atoms with E-state index in [4.69, 9.17) is 13.1 Å². The average molecular weight is 611 g/mol. The van der Waals surface area contributed by atoms with Gasteiger partial charge in [0.15, 0.2) is 11.4 Å². The molecule has 0 saturated heterocycles. The van der Waals surface area contributed by atoms with E-state index in [2.05, 4.69) is 134 Å². The van der Waals surface area contributed by atoms with Gasteiger partial charge in [-0.2, -0.15) is 0 Å². The van der Waals surface area contributed by atoms with Crippen molar-refractivity contribution in [3.63, 3.8) is 0 Å². The SMILES string of the molecule is [C-]#[N+]c1cccc([N+]#[C-])c1-c1cc(-c2ccc3c(c2)c2ccccc2n3-c2ccccc2)cc2c3ccccc3n(-c3ccccc3)c12. The molecule has 0 radical (unpaired) electrons. The zero-order chi connectivity index (χ0) is 32.2. The molecule has 0 fully saturated rings. The Kier molecular flexibility index (Phi) is 6.22. The van der Waals surface area contributed by atoms with Gasteiger partial charge in [0.2, 0.25) is 0 Å². The third-order valence-corrected chi connectivity index (χ3v) is 9.33. The summed E-state index contributed by atoms with van der Waals surface area (Å²) < 4.78 is 4.60. The Labute approximate surface area is 277 Å². The van der Waals surface area contributed by atoms with Crippen LogP contribution in [0, 0.1) is 13.1 Å². The van der Waals surface area contributed by atoms with Gasteiger partial charge in [0.25, 0.3) is 0 Å². The first-order valence-corrected chi connectivity index (χ1v) is 15.8. The van der Waals surface area contributed by atoms with Crippen LogP contribution in [0.25, 0.3) is 86.9 Å². The minimum absolute atomic E-state index is 0.466. The van der Waals surface area contributed by atoms with Gasteiger partial charge in [-0.15, -0.1) is 0 Å². The molecule has 222 valence electrons. The van der Waals surface area contributed by atoms with Crippen molar-refractivity contribution >= 4 is 55.0 Å². The van der Waals surface area contributed by atoms with Gasteiger partial charge < -0.3 is 9.13 Å². The Balaban J connectivity index is 1.40. The summed E-state index contributed by atoms with van der Waals surface area (Å²) in [6.45, 7) is 16.2. The first-order valence-electron chi connectivity index (χ1n) is 15.8. The number of hydrogen-bond donors (Lipinski definition) is 0. The molecule has 9 aromatic rings. The minimum atomic E-state index is 0.466. The predicted octanol–water partition coefficient (Wildman–Crippen LogP) is 12.3. The standard InChI is InChI=1S/C44H26N4/c1-45-38-20-13-21-39(46-2)43(38)37-28-30(27-36-34-19-10-12-23-41(34)48(44(36)37)32-16-7-4-8-17-32)29-24-25-42-35(26-29)33-18-9-11-22-40(33)47(42)31-14-5-3-6-15-31/h3-28H. The van der Waals surface area contributed by atoms with Gasteiger partial charge in [0, 0.05) is 32.9 Å². The monoisotopic (exact) mass is 610 g/mol. The van der Waals surface area contributed by atoms with Crippen LogP contribution in [0.1, 0.15) is 0 Å². The molecule has 4 heteroatoms. The lowest BCUT2D eigenvalue weighted by Crippen LogP contribution is -1.96. The van der Waals surface area contributed by atoms with Crippen molar-refractivity contribution < 1.29 is 0 Å². The molecule has 0 spiro atoms. The molecule has 0 N–H and O–H groups in total. The molecule has 0 saturated carbocycles. The van der Waals surface area contributed by atoms with E-state index >= 15 is 0 Å². The average Bonchev–Trinajstić information content (AvgIpc) is 3.67. The summed E-state index contributed by atoms with van der Waals surface area (Å²) in [5.41, 5.74) is 11.1. The number of fused-ring (bicyclic) bond motifs is 6. The summed E-state index contributed by atoms with van der Waals surface area (Å²) in [7, 11) is 0. The molecule has 0 amide bonds. The topological polar surface area (TPSA) is 18.6 Å². The van der Waals surface area contributed by atoms with Crippen LogP contribution in [-0.4, -0.2) is 9.13 Å². The highest BCUT2D eigenvalue weighted by Gasteiger charge is 2.22. The summed E-state index contributed by atoms with van der Waals surface area (Å²) in [5, 5.41) is 4.55. The van der Waals surface area contributed by atoms with E-state index in [0.717, 1.165) is 60.9 Å². The molecule has 2 heterocycles. The Morgan fingerprint density at radius 1 is 0.396 bits per heavy atom. The van der Waals surface area contributed by atoms with E-state index in [-0.39, 0.29) is 0 Å². The molecular formula is C44H26N4. The summed E-state index contributed by atoms with van der Waals surface area (Å²) in [6.07, 6.45) is 0. The van der Waals surface area contributed by atoms with Crippen molar-refractivity contribution in [1.82, 2.24) is 9.13 Å². The lowest BCUT2D eigenvalue weighted by atomic mass is 9.93. The van der Waals surface area contributed by atoms with Gasteiger partial charge in [0.1, 0.15) is 0 Å². The van der Waals surface area contributed by atoms with Crippen LogP contribution < -0.4 is 0 Å². The summed E-state index contributed by atoms with van der Waals surface area (Å²) in [5.74, 6) is 0. The van der Waals surface area contributed by atoms with Gasteiger partial charge in [-0.25, -0.2) is 9.69 Å². The fraction of sp³-hybridized carbons (Fsp3) is 0. The normalized spacial score (nSPS) is 11.3. The van der Waals surface area contributed by atoms with Crippen molar-refractivity contribution in [2.45, 2.75) is 0 Å². The zero-order valence-electron chi connectivity index (χ0n) is 25.8. The van der Waals surface area contributed by atoms with Gasteiger partial charge in [-0.1, -0.05) is 97.1 Å². The molecule has 0 aliphatic carbocycles. The van der Waals surface area contributed by atoms with E-state index in [0.29, 0.717) is 16.9 Å². The Morgan fingerprint density at radius 2 is 0.917 bits per heavy atom. The van der Waals surface area contributed by atoms with Crippen LogP contribution in [-0.2, 0) is 0 Å². The predicted molar refractivity (Wildman–Crippen MR) is 199 cm³/mol. The van der Waals surface area contributed by atoms with Crippen molar-refractivity contribution in [3.05, 3.63) is 181 Å². The third-order valence-electron chi connectivity index (χ3n) is 9.33. The van der Waals surface area contributed by atoms with Crippen LogP contribution in [0.5, 0.6) is 0 Å². The molecule has 48 heavy (non-hydrogen) atoms. The molecule has 4 nitrogen and oxygen atoms in total.